The molecule has 1 fully saturated rings. The standard InChI is InChI=1S/C18H26N2O3/c1-13-7-6-8-15(14(13)2)16(21)19-9-11-20(12-10-19)17(22)23-18(3,4)5/h6-8H,9-12H2,1-5H3. The molecule has 126 valence electrons. The minimum atomic E-state index is -0.497. The van der Waals surface area contributed by atoms with Crippen molar-refractivity contribution < 1.29 is 14.3 Å². The van der Waals surface area contributed by atoms with Crippen molar-refractivity contribution in [2.24, 2.45) is 0 Å². The zero-order valence-corrected chi connectivity index (χ0v) is 14.7. The van der Waals surface area contributed by atoms with E-state index in [2.05, 4.69) is 0 Å². The van der Waals surface area contributed by atoms with Crippen LogP contribution in [0.3, 0.4) is 0 Å². The molecule has 1 saturated heterocycles. The van der Waals surface area contributed by atoms with Crippen molar-refractivity contribution in [1.82, 2.24) is 9.80 Å². The zero-order chi connectivity index (χ0) is 17.2. The molecule has 0 aromatic heterocycles. The first-order valence-corrected chi connectivity index (χ1v) is 8.02. The van der Waals surface area contributed by atoms with Crippen LogP contribution in [0.2, 0.25) is 0 Å². The van der Waals surface area contributed by atoms with Crippen molar-refractivity contribution >= 4 is 12.0 Å². The van der Waals surface area contributed by atoms with Crippen molar-refractivity contribution in [2.45, 2.75) is 40.2 Å². The molecule has 2 rings (SSSR count). The summed E-state index contributed by atoms with van der Waals surface area (Å²) in [5, 5.41) is 0. The third-order valence-electron chi connectivity index (χ3n) is 4.05. The molecule has 0 bridgehead atoms. The average molecular weight is 318 g/mol. The van der Waals surface area contributed by atoms with Crippen LogP contribution in [0.5, 0.6) is 0 Å². The van der Waals surface area contributed by atoms with Crippen molar-refractivity contribution in [3.63, 3.8) is 0 Å². The lowest BCUT2D eigenvalue weighted by Crippen LogP contribution is -2.51. The average Bonchev–Trinajstić information content (AvgIpc) is 2.48. The lowest BCUT2D eigenvalue weighted by molar-refractivity contribution is 0.0141. The van der Waals surface area contributed by atoms with E-state index in [0.717, 1.165) is 16.7 Å². The number of aryl methyl sites for hydroxylation is 1. The lowest BCUT2D eigenvalue weighted by atomic mass is 10.0. The number of piperazine rings is 1. The van der Waals surface area contributed by atoms with Crippen LogP contribution in [-0.2, 0) is 4.74 Å². The van der Waals surface area contributed by atoms with Crippen LogP contribution in [0.15, 0.2) is 18.2 Å². The number of carbonyl (C=O) groups excluding carboxylic acids is 2. The van der Waals surface area contributed by atoms with E-state index in [9.17, 15) is 9.59 Å². The van der Waals surface area contributed by atoms with Gasteiger partial charge in [-0.3, -0.25) is 4.79 Å². The third-order valence-corrected chi connectivity index (χ3v) is 4.05. The molecular formula is C18H26N2O3. The molecule has 1 heterocycles. The van der Waals surface area contributed by atoms with Crippen LogP contribution in [-0.4, -0.2) is 53.6 Å². The molecule has 0 radical (unpaired) electrons. The molecule has 5 heteroatoms. The number of hydrogen-bond donors (Lipinski definition) is 0. The molecule has 5 nitrogen and oxygen atoms in total. The molecule has 0 atom stereocenters. The molecule has 1 aliphatic heterocycles. The summed E-state index contributed by atoms with van der Waals surface area (Å²) in [4.78, 5) is 28.2. The third kappa shape index (κ3) is 4.24. The minimum Gasteiger partial charge on any atom is -0.444 e. The van der Waals surface area contributed by atoms with Crippen LogP contribution < -0.4 is 0 Å². The van der Waals surface area contributed by atoms with Gasteiger partial charge in [-0.2, -0.15) is 0 Å². The number of hydrogen-bond acceptors (Lipinski definition) is 3. The van der Waals surface area contributed by atoms with Gasteiger partial charge in [0.15, 0.2) is 0 Å². The van der Waals surface area contributed by atoms with Gasteiger partial charge in [0.25, 0.3) is 5.91 Å². The molecule has 23 heavy (non-hydrogen) atoms. The highest BCUT2D eigenvalue weighted by molar-refractivity contribution is 5.96. The van der Waals surface area contributed by atoms with E-state index in [1.807, 2.05) is 57.7 Å². The Morgan fingerprint density at radius 2 is 1.57 bits per heavy atom. The van der Waals surface area contributed by atoms with E-state index in [0.29, 0.717) is 26.2 Å². The predicted octanol–water partition coefficient (Wildman–Crippen LogP) is 3.00. The highest BCUT2D eigenvalue weighted by Gasteiger charge is 2.28. The lowest BCUT2D eigenvalue weighted by Gasteiger charge is -2.35. The summed E-state index contributed by atoms with van der Waals surface area (Å²) in [6.45, 7) is 11.6. The monoisotopic (exact) mass is 318 g/mol. The van der Waals surface area contributed by atoms with Gasteiger partial charge in [-0.05, 0) is 51.8 Å². The first-order chi connectivity index (χ1) is 10.7. The fourth-order valence-corrected chi connectivity index (χ4v) is 2.57. The zero-order valence-electron chi connectivity index (χ0n) is 14.7. The highest BCUT2D eigenvalue weighted by Crippen LogP contribution is 2.17. The summed E-state index contributed by atoms with van der Waals surface area (Å²) in [6, 6.07) is 5.78. The van der Waals surface area contributed by atoms with Gasteiger partial charge in [0, 0.05) is 31.7 Å². The van der Waals surface area contributed by atoms with E-state index in [1.54, 1.807) is 4.90 Å². The minimum absolute atomic E-state index is 0.0371. The van der Waals surface area contributed by atoms with Crippen LogP contribution in [0, 0.1) is 13.8 Å². The van der Waals surface area contributed by atoms with Crippen LogP contribution in [0.25, 0.3) is 0 Å². The van der Waals surface area contributed by atoms with Gasteiger partial charge >= 0.3 is 6.09 Å². The number of carbonyl (C=O) groups is 2. The Balaban J connectivity index is 1.98. The molecule has 1 aliphatic rings. The van der Waals surface area contributed by atoms with Crippen LogP contribution >= 0.6 is 0 Å². The molecule has 1 aromatic carbocycles. The van der Waals surface area contributed by atoms with Gasteiger partial charge in [0.05, 0.1) is 0 Å². The SMILES string of the molecule is Cc1cccc(C(=O)N2CCN(C(=O)OC(C)(C)C)CC2)c1C. The second-order valence-electron chi connectivity index (χ2n) is 7.01. The van der Waals surface area contributed by atoms with Crippen molar-refractivity contribution in [2.75, 3.05) is 26.2 Å². The Kier molecular flexibility index (Phi) is 4.97. The topological polar surface area (TPSA) is 49.9 Å². The Bertz CT molecular complexity index is 597. The second kappa shape index (κ2) is 6.60. The fraction of sp³-hybridized carbons (Fsp3) is 0.556. The fourth-order valence-electron chi connectivity index (χ4n) is 2.57. The number of benzene rings is 1. The molecular weight excluding hydrogens is 292 g/mol. The molecule has 0 unspecified atom stereocenters. The molecule has 0 aliphatic carbocycles. The molecule has 1 aromatic rings. The number of rotatable bonds is 1. The maximum Gasteiger partial charge on any atom is 0.410 e. The number of amides is 2. The van der Waals surface area contributed by atoms with Crippen molar-refractivity contribution in [3.8, 4) is 0 Å². The van der Waals surface area contributed by atoms with Gasteiger partial charge in [-0.15, -0.1) is 0 Å². The maximum absolute atomic E-state index is 12.7. The highest BCUT2D eigenvalue weighted by atomic mass is 16.6. The molecule has 2 amide bonds. The summed E-state index contributed by atoms with van der Waals surface area (Å²) in [5.41, 5.74) is 2.38. The van der Waals surface area contributed by atoms with E-state index >= 15 is 0 Å². The van der Waals surface area contributed by atoms with E-state index < -0.39 is 5.60 Å². The molecule has 0 spiro atoms. The largest absolute Gasteiger partial charge is 0.444 e. The first kappa shape index (κ1) is 17.3. The summed E-state index contributed by atoms with van der Waals surface area (Å²) >= 11 is 0. The van der Waals surface area contributed by atoms with E-state index in [1.165, 1.54) is 0 Å². The summed E-state index contributed by atoms with van der Waals surface area (Å²) < 4.78 is 5.38. The van der Waals surface area contributed by atoms with Crippen molar-refractivity contribution in [3.05, 3.63) is 34.9 Å². The van der Waals surface area contributed by atoms with Gasteiger partial charge in [-0.1, -0.05) is 12.1 Å². The van der Waals surface area contributed by atoms with E-state index in [-0.39, 0.29) is 12.0 Å². The summed E-state index contributed by atoms with van der Waals surface area (Å²) in [5.74, 6) is 0.0371. The quantitative estimate of drug-likeness (QED) is 0.800. The second-order valence-corrected chi connectivity index (χ2v) is 7.01. The van der Waals surface area contributed by atoms with Crippen LogP contribution in [0.1, 0.15) is 42.3 Å². The van der Waals surface area contributed by atoms with Gasteiger partial charge in [0.1, 0.15) is 5.60 Å². The Morgan fingerprint density at radius 3 is 2.13 bits per heavy atom. The Hall–Kier alpha value is -2.04. The van der Waals surface area contributed by atoms with Gasteiger partial charge < -0.3 is 14.5 Å². The maximum atomic E-state index is 12.7. The Labute approximate surface area is 138 Å². The van der Waals surface area contributed by atoms with Crippen molar-refractivity contribution in [1.29, 1.82) is 0 Å². The molecule has 0 saturated carbocycles. The van der Waals surface area contributed by atoms with Crippen LogP contribution in [0.4, 0.5) is 4.79 Å². The van der Waals surface area contributed by atoms with Gasteiger partial charge in [-0.25, -0.2) is 4.79 Å². The Morgan fingerprint density at radius 1 is 1.00 bits per heavy atom. The van der Waals surface area contributed by atoms with Gasteiger partial charge in [0.2, 0.25) is 0 Å². The smallest absolute Gasteiger partial charge is 0.410 e. The number of nitrogens with zero attached hydrogens (tertiary/aromatic N) is 2. The number of ether oxygens (including phenoxy) is 1. The normalized spacial score (nSPS) is 15.5. The summed E-state index contributed by atoms with van der Waals surface area (Å²) in [7, 11) is 0. The predicted molar refractivity (Wildman–Crippen MR) is 89.6 cm³/mol. The molecule has 0 N–H and O–H groups in total. The first-order valence-electron chi connectivity index (χ1n) is 8.02. The van der Waals surface area contributed by atoms with E-state index in [4.69, 9.17) is 4.74 Å². The summed E-state index contributed by atoms with van der Waals surface area (Å²) in [6.07, 6.45) is -0.309.